The fourth-order valence-corrected chi connectivity index (χ4v) is 4.41. The van der Waals surface area contributed by atoms with Crippen molar-refractivity contribution >= 4 is 46.3 Å². The predicted octanol–water partition coefficient (Wildman–Crippen LogP) is 4.57. The SMILES string of the molecule is O=C(NCC1CCCCN1C(=O)CCC(=O)c1ccc(Cl)s1)Nc1ccccc1. The fourth-order valence-electron chi connectivity index (χ4n) is 3.40. The Balaban J connectivity index is 1.48. The molecule has 6 nitrogen and oxygen atoms in total. The summed E-state index contributed by atoms with van der Waals surface area (Å²) in [4.78, 5) is 39.5. The summed E-state index contributed by atoms with van der Waals surface area (Å²) >= 11 is 7.10. The number of likely N-dealkylation sites (tertiary alicyclic amines) is 1. The second-order valence-electron chi connectivity index (χ2n) is 6.96. The third-order valence-corrected chi connectivity index (χ3v) is 6.16. The highest BCUT2D eigenvalue weighted by atomic mass is 35.5. The van der Waals surface area contributed by atoms with Crippen LogP contribution in [0.3, 0.4) is 0 Å². The number of hydrogen-bond donors (Lipinski definition) is 2. The molecule has 1 fully saturated rings. The Hall–Kier alpha value is -2.38. The van der Waals surface area contributed by atoms with E-state index in [1.165, 1.54) is 11.3 Å². The molecular weight excluding hydrogens is 410 g/mol. The van der Waals surface area contributed by atoms with Crippen molar-refractivity contribution in [3.05, 3.63) is 51.7 Å². The van der Waals surface area contributed by atoms with Crippen LogP contribution in [-0.2, 0) is 4.79 Å². The van der Waals surface area contributed by atoms with E-state index in [2.05, 4.69) is 10.6 Å². The van der Waals surface area contributed by atoms with Crippen molar-refractivity contribution in [1.82, 2.24) is 10.2 Å². The minimum absolute atomic E-state index is 0.0454. The number of para-hydroxylation sites is 1. The molecule has 0 saturated carbocycles. The average Bonchev–Trinajstić information content (AvgIpc) is 3.17. The quantitative estimate of drug-likeness (QED) is 0.628. The lowest BCUT2D eigenvalue weighted by molar-refractivity contribution is -0.134. The Morgan fingerprint density at radius 1 is 1.07 bits per heavy atom. The lowest BCUT2D eigenvalue weighted by atomic mass is 10.0. The summed E-state index contributed by atoms with van der Waals surface area (Å²) in [7, 11) is 0. The number of nitrogens with one attached hydrogen (secondary N) is 2. The molecule has 3 rings (SSSR count). The van der Waals surface area contributed by atoms with Gasteiger partial charge in [-0.15, -0.1) is 11.3 Å². The number of hydrogen-bond acceptors (Lipinski definition) is 4. The van der Waals surface area contributed by atoms with Crippen molar-refractivity contribution in [3.8, 4) is 0 Å². The van der Waals surface area contributed by atoms with Crippen molar-refractivity contribution in [1.29, 1.82) is 0 Å². The summed E-state index contributed by atoms with van der Waals surface area (Å²) in [5.41, 5.74) is 0.716. The third-order valence-electron chi connectivity index (χ3n) is 4.89. The van der Waals surface area contributed by atoms with Crippen LogP contribution in [0.15, 0.2) is 42.5 Å². The van der Waals surface area contributed by atoms with Gasteiger partial charge in [0.15, 0.2) is 5.78 Å². The molecule has 29 heavy (non-hydrogen) atoms. The highest BCUT2D eigenvalue weighted by Crippen LogP contribution is 2.24. The molecule has 0 aliphatic carbocycles. The zero-order valence-electron chi connectivity index (χ0n) is 16.0. The normalized spacial score (nSPS) is 16.3. The number of amides is 3. The molecule has 1 aromatic carbocycles. The lowest BCUT2D eigenvalue weighted by Gasteiger charge is -2.36. The van der Waals surface area contributed by atoms with Crippen LogP contribution in [0.25, 0.3) is 0 Å². The minimum Gasteiger partial charge on any atom is -0.338 e. The van der Waals surface area contributed by atoms with Gasteiger partial charge in [0.2, 0.25) is 5.91 Å². The smallest absolute Gasteiger partial charge is 0.319 e. The van der Waals surface area contributed by atoms with Gasteiger partial charge < -0.3 is 15.5 Å². The number of carbonyl (C=O) groups is 3. The van der Waals surface area contributed by atoms with Crippen LogP contribution in [0.2, 0.25) is 4.34 Å². The van der Waals surface area contributed by atoms with E-state index in [9.17, 15) is 14.4 Å². The fraction of sp³-hybridized carbons (Fsp3) is 0.381. The van der Waals surface area contributed by atoms with Crippen LogP contribution in [0, 0.1) is 0 Å². The van der Waals surface area contributed by atoms with Crippen LogP contribution >= 0.6 is 22.9 Å². The maximum Gasteiger partial charge on any atom is 0.319 e. The van der Waals surface area contributed by atoms with E-state index in [0.29, 0.717) is 28.0 Å². The Bertz CT molecular complexity index is 856. The first kappa shape index (κ1) is 21.3. The first-order chi connectivity index (χ1) is 14.0. The molecule has 1 aliphatic rings. The van der Waals surface area contributed by atoms with Crippen molar-refractivity contribution in [2.24, 2.45) is 0 Å². The van der Waals surface area contributed by atoms with E-state index in [1.807, 2.05) is 30.3 Å². The number of ketones is 1. The summed E-state index contributed by atoms with van der Waals surface area (Å²) in [6.45, 7) is 1.05. The van der Waals surface area contributed by atoms with Crippen LogP contribution in [0.5, 0.6) is 0 Å². The highest BCUT2D eigenvalue weighted by molar-refractivity contribution is 7.18. The molecule has 1 unspecified atom stereocenters. The summed E-state index contributed by atoms with van der Waals surface area (Å²) in [6.07, 6.45) is 3.13. The van der Waals surface area contributed by atoms with Crippen molar-refractivity contribution in [3.63, 3.8) is 0 Å². The number of nitrogens with zero attached hydrogens (tertiary/aromatic N) is 1. The molecule has 2 aromatic rings. The van der Waals surface area contributed by atoms with Crippen LogP contribution in [0.1, 0.15) is 41.8 Å². The van der Waals surface area contributed by atoms with E-state index in [0.717, 1.165) is 19.3 Å². The molecule has 0 bridgehead atoms. The van der Waals surface area contributed by atoms with Crippen molar-refractivity contribution in [2.45, 2.75) is 38.1 Å². The number of rotatable bonds is 7. The van der Waals surface area contributed by atoms with Gasteiger partial charge in [0.25, 0.3) is 0 Å². The molecule has 1 aromatic heterocycles. The first-order valence-electron chi connectivity index (χ1n) is 9.71. The van der Waals surface area contributed by atoms with Gasteiger partial charge in [-0.1, -0.05) is 29.8 Å². The van der Waals surface area contributed by atoms with Crippen LogP contribution in [-0.4, -0.2) is 41.8 Å². The van der Waals surface area contributed by atoms with E-state index in [1.54, 1.807) is 17.0 Å². The lowest BCUT2D eigenvalue weighted by Crippen LogP contribution is -2.50. The number of carbonyl (C=O) groups excluding carboxylic acids is 3. The van der Waals surface area contributed by atoms with Gasteiger partial charge in [-0.2, -0.15) is 0 Å². The molecule has 2 N–H and O–H groups in total. The molecule has 1 atom stereocenters. The van der Waals surface area contributed by atoms with E-state index in [-0.39, 0.29) is 36.6 Å². The topological polar surface area (TPSA) is 78.5 Å². The number of piperidine rings is 1. The monoisotopic (exact) mass is 433 g/mol. The summed E-state index contributed by atoms with van der Waals surface area (Å²) < 4.78 is 0.565. The van der Waals surface area contributed by atoms with E-state index in [4.69, 9.17) is 11.6 Å². The average molecular weight is 434 g/mol. The zero-order valence-corrected chi connectivity index (χ0v) is 17.6. The number of halogens is 1. The molecule has 3 amide bonds. The molecule has 154 valence electrons. The maximum atomic E-state index is 12.7. The van der Waals surface area contributed by atoms with Crippen LogP contribution in [0.4, 0.5) is 10.5 Å². The second-order valence-corrected chi connectivity index (χ2v) is 8.68. The van der Waals surface area contributed by atoms with Gasteiger partial charge in [-0.25, -0.2) is 4.79 Å². The molecular formula is C21H24ClN3O3S. The third kappa shape index (κ3) is 6.30. The molecule has 1 aliphatic heterocycles. The van der Waals surface area contributed by atoms with Crippen LogP contribution < -0.4 is 10.6 Å². The second kappa shape index (κ2) is 10.4. The first-order valence-corrected chi connectivity index (χ1v) is 10.9. The number of benzene rings is 1. The Labute approximate surface area is 179 Å². The zero-order chi connectivity index (χ0) is 20.6. The Kier molecular flexibility index (Phi) is 7.66. The van der Waals surface area contributed by atoms with Gasteiger partial charge in [0.05, 0.1) is 9.21 Å². The molecule has 0 radical (unpaired) electrons. The largest absolute Gasteiger partial charge is 0.338 e. The summed E-state index contributed by atoms with van der Waals surface area (Å²) in [5, 5.41) is 5.63. The number of urea groups is 1. The van der Waals surface area contributed by atoms with Gasteiger partial charge in [-0.05, 0) is 43.5 Å². The molecule has 1 saturated heterocycles. The standard InChI is InChI=1S/C21H24ClN3O3S/c22-19-11-10-18(29-19)17(26)9-12-20(27)25-13-5-4-8-16(25)14-23-21(28)24-15-6-2-1-3-7-15/h1-3,6-7,10-11,16H,4-5,8-9,12-14H2,(H2,23,24,28). The van der Waals surface area contributed by atoms with Gasteiger partial charge in [0, 0.05) is 37.7 Å². The Morgan fingerprint density at radius 2 is 1.86 bits per heavy atom. The molecule has 2 heterocycles. The van der Waals surface area contributed by atoms with Crippen molar-refractivity contribution < 1.29 is 14.4 Å². The van der Waals surface area contributed by atoms with Crippen molar-refractivity contribution in [2.75, 3.05) is 18.4 Å². The Morgan fingerprint density at radius 3 is 2.59 bits per heavy atom. The van der Waals surface area contributed by atoms with Gasteiger partial charge in [0.1, 0.15) is 0 Å². The number of Topliss-reactive ketones (excluding diaryl/α,β-unsaturated/α-hetero) is 1. The maximum absolute atomic E-state index is 12.7. The number of thiophene rings is 1. The van der Waals surface area contributed by atoms with Gasteiger partial charge >= 0.3 is 6.03 Å². The van der Waals surface area contributed by atoms with Gasteiger partial charge in [-0.3, -0.25) is 9.59 Å². The van der Waals surface area contributed by atoms with E-state index < -0.39 is 0 Å². The van der Waals surface area contributed by atoms with E-state index >= 15 is 0 Å². The summed E-state index contributed by atoms with van der Waals surface area (Å²) in [5.74, 6) is -0.111. The number of anilines is 1. The predicted molar refractivity (Wildman–Crippen MR) is 116 cm³/mol. The molecule has 0 spiro atoms. The molecule has 8 heteroatoms. The minimum atomic E-state index is -0.293. The highest BCUT2D eigenvalue weighted by Gasteiger charge is 2.27. The summed E-state index contributed by atoms with van der Waals surface area (Å²) in [6, 6.07) is 12.2.